The summed E-state index contributed by atoms with van der Waals surface area (Å²) in [4.78, 5) is 53.2. The molecule has 0 spiro atoms. The van der Waals surface area contributed by atoms with Crippen LogP contribution < -0.4 is 27.0 Å². The van der Waals surface area contributed by atoms with Crippen LogP contribution in [0.2, 0.25) is 0 Å². The van der Waals surface area contributed by atoms with Crippen molar-refractivity contribution in [3.05, 3.63) is 104 Å². The van der Waals surface area contributed by atoms with E-state index in [0.29, 0.717) is 17.9 Å². The number of carboxylic acids is 1. The Kier molecular flexibility index (Phi) is 9.06. The Morgan fingerprint density at radius 3 is 2.59 bits per heavy atom. The normalized spacial score (nSPS) is 10.6. The van der Waals surface area contributed by atoms with Crippen LogP contribution in [0.4, 0.5) is 0 Å². The molecule has 1 aromatic carbocycles. The number of aromatic nitrogens is 5. The van der Waals surface area contributed by atoms with Crippen LogP contribution >= 0.6 is 11.3 Å². The number of carbonyl (C=O) groups is 2. The number of nitrogens with one attached hydrogen (secondary N) is 1. The molecule has 0 atom stereocenters. The molecule has 212 valence electrons. The van der Waals surface area contributed by atoms with Crippen molar-refractivity contribution in [2.24, 2.45) is 12.8 Å². The van der Waals surface area contributed by atoms with Crippen molar-refractivity contribution in [1.82, 2.24) is 29.2 Å². The largest absolute Gasteiger partial charge is 0.497 e. The minimum absolute atomic E-state index is 0.0241. The molecule has 14 heteroatoms. The number of hydrogen-bond acceptors (Lipinski definition) is 9. The lowest BCUT2D eigenvalue weighted by Crippen LogP contribution is -2.41. The fraction of sp³-hybridized carbons (Fsp3) is 0.185. The van der Waals surface area contributed by atoms with Crippen LogP contribution in [0.1, 0.15) is 25.6 Å². The first kappa shape index (κ1) is 28.9. The zero-order valence-electron chi connectivity index (χ0n) is 22.2. The van der Waals surface area contributed by atoms with Gasteiger partial charge >= 0.3 is 11.7 Å². The minimum atomic E-state index is -1.17. The SMILES string of the molecule is COc1cccc(CN)c1.Cn1c(=O)n(CCNC(=O)c2ccc(-n3cccn3)nc2)c(=O)c2cc(C(=O)O)sc21. The third-order valence-corrected chi connectivity index (χ3v) is 7.16. The maximum atomic E-state index is 12.7. The van der Waals surface area contributed by atoms with Crippen molar-refractivity contribution < 1.29 is 19.4 Å². The van der Waals surface area contributed by atoms with Crippen molar-refractivity contribution in [2.75, 3.05) is 13.7 Å². The van der Waals surface area contributed by atoms with Gasteiger partial charge in [-0.05, 0) is 42.0 Å². The predicted octanol–water partition coefficient (Wildman–Crippen LogP) is 1.62. The van der Waals surface area contributed by atoms with E-state index in [1.54, 1.807) is 42.4 Å². The van der Waals surface area contributed by atoms with Gasteiger partial charge in [0.15, 0.2) is 5.82 Å². The van der Waals surface area contributed by atoms with E-state index < -0.39 is 23.1 Å². The summed E-state index contributed by atoms with van der Waals surface area (Å²) in [6, 6.07) is 14.0. The van der Waals surface area contributed by atoms with Crippen LogP contribution in [-0.2, 0) is 20.1 Å². The van der Waals surface area contributed by atoms with E-state index in [1.165, 1.54) is 23.9 Å². The Bertz CT molecular complexity index is 1770. The van der Waals surface area contributed by atoms with Crippen LogP contribution in [0.25, 0.3) is 16.0 Å². The average molecular weight is 578 g/mol. The lowest BCUT2D eigenvalue weighted by atomic mass is 10.2. The first-order valence-electron chi connectivity index (χ1n) is 12.3. The van der Waals surface area contributed by atoms with Crippen molar-refractivity contribution in [3.63, 3.8) is 0 Å². The van der Waals surface area contributed by atoms with Gasteiger partial charge in [0.25, 0.3) is 11.5 Å². The number of thiophene rings is 1. The summed E-state index contributed by atoms with van der Waals surface area (Å²) in [5.41, 5.74) is 5.65. The Balaban J connectivity index is 0.000000328. The second-order valence-corrected chi connectivity index (χ2v) is 9.63. The van der Waals surface area contributed by atoms with Crippen LogP contribution in [0.15, 0.2) is 76.7 Å². The number of hydrogen-bond donors (Lipinski definition) is 3. The number of carboxylic acid groups (broad SMARTS) is 1. The van der Waals surface area contributed by atoms with Crippen molar-refractivity contribution in [1.29, 1.82) is 0 Å². The van der Waals surface area contributed by atoms with E-state index >= 15 is 0 Å². The molecule has 5 rings (SSSR count). The highest BCUT2D eigenvalue weighted by Crippen LogP contribution is 2.21. The molecule has 0 aliphatic heterocycles. The standard InChI is InChI=1S/C19H16N6O5S.C8H11NO/c1-23-17-12(9-13(31-17)18(28)29)16(27)24(19(23)30)8-6-20-15(26)11-3-4-14(21-10-11)25-7-2-5-22-25;1-10-8-4-2-3-7(5-8)6-9/h2-5,7,9-10H,6,8H2,1H3,(H,20,26)(H,28,29);2-5H,6,9H2,1H3. The summed E-state index contributed by atoms with van der Waals surface area (Å²) in [6.45, 7) is 0.526. The number of pyridine rings is 1. The zero-order valence-corrected chi connectivity index (χ0v) is 23.0. The van der Waals surface area contributed by atoms with E-state index in [9.17, 15) is 19.2 Å². The molecule has 4 aromatic heterocycles. The molecule has 0 radical (unpaired) electrons. The highest BCUT2D eigenvalue weighted by Gasteiger charge is 2.17. The monoisotopic (exact) mass is 577 g/mol. The summed E-state index contributed by atoms with van der Waals surface area (Å²) in [7, 11) is 3.11. The minimum Gasteiger partial charge on any atom is -0.497 e. The van der Waals surface area contributed by atoms with Gasteiger partial charge in [0.05, 0.1) is 18.1 Å². The van der Waals surface area contributed by atoms with Gasteiger partial charge in [-0.3, -0.25) is 18.7 Å². The maximum absolute atomic E-state index is 12.7. The van der Waals surface area contributed by atoms with Gasteiger partial charge in [-0.15, -0.1) is 11.3 Å². The number of amides is 1. The molecular weight excluding hydrogens is 550 g/mol. The lowest BCUT2D eigenvalue weighted by Gasteiger charge is -2.09. The van der Waals surface area contributed by atoms with E-state index in [4.69, 9.17) is 15.6 Å². The molecular formula is C27H27N7O6S. The van der Waals surface area contributed by atoms with Gasteiger partial charge in [-0.2, -0.15) is 5.10 Å². The number of carbonyl (C=O) groups excluding carboxylic acids is 1. The fourth-order valence-electron chi connectivity index (χ4n) is 3.83. The number of benzene rings is 1. The summed E-state index contributed by atoms with van der Waals surface area (Å²) in [6.07, 6.45) is 4.75. The smallest absolute Gasteiger partial charge is 0.345 e. The van der Waals surface area contributed by atoms with Crippen molar-refractivity contribution >= 4 is 33.4 Å². The first-order chi connectivity index (χ1) is 19.7. The van der Waals surface area contributed by atoms with Crippen molar-refractivity contribution in [2.45, 2.75) is 13.1 Å². The number of methoxy groups -OCH3 is 1. The number of nitrogens with two attached hydrogens (primary N) is 1. The van der Waals surface area contributed by atoms with Crippen LogP contribution in [0, 0.1) is 0 Å². The molecule has 0 aliphatic rings. The third kappa shape index (κ3) is 6.57. The quantitative estimate of drug-likeness (QED) is 0.247. The molecule has 0 unspecified atom stereocenters. The van der Waals surface area contributed by atoms with Gasteiger partial charge in [0.1, 0.15) is 15.5 Å². The number of nitrogens with zero attached hydrogens (tertiary/aromatic N) is 5. The molecule has 4 N–H and O–H groups in total. The predicted molar refractivity (Wildman–Crippen MR) is 153 cm³/mol. The van der Waals surface area contributed by atoms with Gasteiger partial charge < -0.3 is 20.9 Å². The molecule has 0 saturated carbocycles. The summed E-state index contributed by atoms with van der Waals surface area (Å²) in [5.74, 6) is -0.155. The molecule has 0 saturated heterocycles. The number of rotatable bonds is 8. The number of aryl methyl sites for hydroxylation is 1. The Morgan fingerprint density at radius 1 is 1.15 bits per heavy atom. The molecule has 0 fully saturated rings. The average Bonchev–Trinajstić information content (AvgIpc) is 3.70. The van der Waals surface area contributed by atoms with Gasteiger partial charge in [0, 0.05) is 45.3 Å². The maximum Gasteiger partial charge on any atom is 0.345 e. The molecule has 0 aliphatic carbocycles. The molecule has 0 bridgehead atoms. The Labute approximate surface area is 237 Å². The highest BCUT2D eigenvalue weighted by atomic mass is 32.1. The number of aromatic carboxylic acids is 1. The third-order valence-electron chi connectivity index (χ3n) is 5.96. The summed E-state index contributed by atoms with van der Waals surface area (Å²) in [5, 5.41) is 16.0. The Hall–Kier alpha value is -5.08. The highest BCUT2D eigenvalue weighted by molar-refractivity contribution is 7.20. The van der Waals surface area contributed by atoms with Gasteiger partial charge in [0.2, 0.25) is 0 Å². The molecule has 13 nitrogen and oxygen atoms in total. The second-order valence-electron chi connectivity index (χ2n) is 8.60. The van der Waals surface area contributed by atoms with Gasteiger partial charge in [-0.1, -0.05) is 12.1 Å². The zero-order chi connectivity index (χ0) is 29.5. The summed E-state index contributed by atoms with van der Waals surface area (Å²) >= 11 is 0.862. The Morgan fingerprint density at radius 2 is 1.95 bits per heavy atom. The van der Waals surface area contributed by atoms with Crippen LogP contribution in [0.5, 0.6) is 5.75 Å². The molecule has 1 amide bonds. The van der Waals surface area contributed by atoms with Crippen LogP contribution in [-0.4, -0.2) is 54.5 Å². The topological polar surface area (TPSA) is 176 Å². The van der Waals surface area contributed by atoms with Crippen molar-refractivity contribution in [3.8, 4) is 11.6 Å². The number of ether oxygens (including phenoxy) is 1. The molecule has 4 heterocycles. The lowest BCUT2D eigenvalue weighted by molar-refractivity contribution is 0.0702. The van der Waals surface area contributed by atoms with E-state index in [-0.39, 0.29) is 28.2 Å². The van der Waals surface area contributed by atoms with E-state index in [1.807, 2.05) is 24.3 Å². The summed E-state index contributed by atoms with van der Waals surface area (Å²) < 4.78 is 8.76. The molecule has 5 aromatic rings. The second kappa shape index (κ2) is 12.8. The van der Waals surface area contributed by atoms with E-state index in [0.717, 1.165) is 27.2 Å². The first-order valence-corrected chi connectivity index (χ1v) is 13.1. The molecule has 41 heavy (non-hydrogen) atoms. The van der Waals surface area contributed by atoms with E-state index in [2.05, 4.69) is 15.4 Å². The van der Waals surface area contributed by atoms with Gasteiger partial charge in [-0.25, -0.2) is 19.3 Å². The number of fused-ring (bicyclic) bond motifs is 1. The fourth-order valence-corrected chi connectivity index (χ4v) is 4.77. The van der Waals surface area contributed by atoms with Crippen LogP contribution in [0.3, 0.4) is 0 Å².